The van der Waals surface area contributed by atoms with E-state index in [1.807, 2.05) is 60.7 Å². The Morgan fingerprint density at radius 3 is 2.16 bits per heavy atom. The van der Waals surface area contributed by atoms with Crippen LogP contribution in [0.15, 0.2) is 102 Å². The van der Waals surface area contributed by atoms with Crippen LogP contribution in [0, 0.1) is 0 Å². The average Bonchev–Trinajstić information content (AvgIpc) is 3.33. The summed E-state index contributed by atoms with van der Waals surface area (Å²) in [5, 5.41) is 5.34. The minimum absolute atomic E-state index is 0.149. The molecule has 5 aromatic rings. The van der Waals surface area contributed by atoms with Gasteiger partial charge in [-0.05, 0) is 77.2 Å². The lowest BCUT2D eigenvalue weighted by Gasteiger charge is -2.22. The van der Waals surface area contributed by atoms with Gasteiger partial charge in [0.25, 0.3) is 5.91 Å². The Bertz CT molecular complexity index is 1440. The highest BCUT2D eigenvalue weighted by Gasteiger charge is 2.12. The third kappa shape index (κ3) is 6.93. The molecule has 3 aromatic carbocycles. The number of benzene rings is 3. The molecule has 0 bridgehead atoms. The van der Waals surface area contributed by atoms with E-state index in [9.17, 15) is 4.79 Å². The lowest BCUT2D eigenvalue weighted by molar-refractivity contribution is 0.0946. The predicted molar refractivity (Wildman–Crippen MR) is 152 cm³/mol. The largest absolute Gasteiger partial charge is 0.350 e. The van der Waals surface area contributed by atoms with Gasteiger partial charge in [-0.2, -0.15) is 0 Å². The molecule has 2 heterocycles. The molecule has 8 heteroatoms. The Hall–Kier alpha value is -3.29. The van der Waals surface area contributed by atoms with Gasteiger partial charge in [0.2, 0.25) is 0 Å². The summed E-state index contributed by atoms with van der Waals surface area (Å²) in [6.45, 7) is 1.87. The molecule has 0 atom stereocenters. The Morgan fingerprint density at radius 1 is 0.865 bits per heavy atom. The molecular formula is C29H24Cl2N4OS. The van der Waals surface area contributed by atoms with Crippen LogP contribution < -0.4 is 5.32 Å². The number of pyridine rings is 1. The van der Waals surface area contributed by atoms with E-state index in [0.717, 1.165) is 55.6 Å². The number of amides is 1. The molecule has 0 aliphatic heterocycles. The second-order valence-electron chi connectivity index (χ2n) is 8.62. The summed E-state index contributed by atoms with van der Waals surface area (Å²) in [6, 6.07) is 27.7. The molecule has 0 spiro atoms. The molecule has 5 rings (SSSR count). The molecule has 0 saturated heterocycles. The van der Waals surface area contributed by atoms with Crippen LogP contribution in [0.25, 0.3) is 10.9 Å². The number of fused-ring (bicyclic) bond motifs is 1. The molecule has 0 aliphatic carbocycles. The smallest absolute Gasteiger partial charge is 0.267 e. The molecule has 0 unspecified atom stereocenters. The van der Waals surface area contributed by atoms with Crippen LogP contribution in [0.4, 0.5) is 0 Å². The van der Waals surface area contributed by atoms with Crippen molar-refractivity contribution in [3.63, 3.8) is 0 Å². The van der Waals surface area contributed by atoms with Gasteiger partial charge in [-0.25, -0.2) is 4.31 Å². The van der Waals surface area contributed by atoms with Crippen LogP contribution in [0.5, 0.6) is 0 Å². The number of hydrogen-bond donors (Lipinski definition) is 2. The van der Waals surface area contributed by atoms with Gasteiger partial charge in [-0.15, -0.1) is 0 Å². The minimum Gasteiger partial charge on any atom is -0.350 e. The fourth-order valence-corrected chi connectivity index (χ4v) is 5.40. The fourth-order valence-electron chi connectivity index (χ4n) is 3.99. The number of nitrogens with one attached hydrogen (secondary N) is 2. The van der Waals surface area contributed by atoms with Crippen LogP contribution in [0.3, 0.4) is 0 Å². The lowest BCUT2D eigenvalue weighted by atomic mass is 10.2. The first-order chi connectivity index (χ1) is 18.0. The summed E-state index contributed by atoms with van der Waals surface area (Å²) in [7, 11) is 0. The molecule has 2 aromatic heterocycles. The number of aromatic nitrogens is 2. The van der Waals surface area contributed by atoms with Gasteiger partial charge in [0, 0.05) is 57.9 Å². The molecule has 2 N–H and O–H groups in total. The van der Waals surface area contributed by atoms with Gasteiger partial charge in [0.15, 0.2) is 0 Å². The SMILES string of the molecule is O=C(NCc1ccc(SN(Cc2cccc(Cl)c2)Cc2cccc(Cl)c2)cc1)c1cc2cnccc2[nH]1. The van der Waals surface area contributed by atoms with E-state index in [2.05, 4.69) is 43.9 Å². The van der Waals surface area contributed by atoms with E-state index in [-0.39, 0.29) is 5.91 Å². The van der Waals surface area contributed by atoms with Crippen molar-refractivity contribution in [2.45, 2.75) is 24.5 Å². The monoisotopic (exact) mass is 546 g/mol. The van der Waals surface area contributed by atoms with Gasteiger partial charge in [0.1, 0.15) is 5.69 Å². The number of H-pyrrole nitrogens is 1. The van der Waals surface area contributed by atoms with Gasteiger partial charge in [0.05, 0.1) is 0 Å². The maximum atomic E-state index is 12.6. The van der Waals surface area contributed by atoms with Crippen LogP contribution in [-0.2, 0) is 19.6 Å². The summed E-state index contributed by atoms with van der Waals surface area (Å²) >= 11 is 14.1. The van der Waals surface area contributed by atoms with Gasteiger partial charge >= 0.3 is 0 Å². The topological polar surface area (TPSA) is 61.0 Å². The van der Waals surface area contributed by atoms with Crippen molar-refractivity contribution in [2.75, 3.05) is 0 Å². The number of carbonyl (C=O) groups is 1. The Balaban J connectivity index is 1.23. The minimum atomic E-state index is -0.149. The first-order valence-corrected chi connectivity index (χ1v) is 13.3. The van der Waals surface area contributed by atoms with E-state index in [4.69, 9.17) is 23.2 Å². The molecule has 1 amide bonds. The van der Waals surface area contributed by atoms with Gasteiger partial charge in [-0.1, -0.05) is 59.6 Å². The Labute approximate surface area is 230 Å². The Kier molecular flexibility index (Phi) is 8.12. The molecular weight excluding hydrogens is 523 g/mol. The normalized spacial score (nSPS) is 11.2. The summed E-state index contributed by atoms with van der Waals surface area (Å²) in [4.78, 5) is 20.9. The quantitative estimate of drug-likeness (QED) is 0.188. The standard InChI is InChI=1S/C29H24Cl2N4OS/c30-24-5-1-3-21(13-24)18-35(19-22-4-2-6-25(31)14-22)37-26-9-7-20(8-10-26)16-33-29(36)28-15-23-17-32-12-11-27(23)34-28/h1-15,17,34H,16,18-19H2,(H,33,36). The first kappa shape index (κ1) is 25.4. The highest BCUT2D eigenvalue weighted by molar-refractivity contribution is 7.97. The molecule has 0 fully saturated rings. The van der Waals surface area contributed by atoms with Crippen molar-refractivity contribution < 1.29 is 4.79 Å². The van der Waals surface area contributed by atoms with Crippen molar-refractivity contribution >= 4 is 52.0 Å². The van der Waals surface area contributed by atoms with E-state index < -0.39 is 0 Å². The zero-order valence-electron chi connectivity index (χ0n) is 19.8. The number of hydrogen-bond acceptors (Lipinski definition) is 4. The molecule has 5 nitrogen and oxygen atoms in total. The van der Waals surface area contributed by atoms with Crippen molar-refractivity contribution in [1.29, 1.82) is 0 Å². The third-order valence-electron chi connectivity index (χ3n) is 5.77. The number of aromatic amines is 1. The molecule has 0 radical (unpaired) electrons. The number of carbonyl (C=O) groups excluding carboxylic acids is 1. The highest BCUT2D eigenvalue weighted by Crippen LogP contribution is 2.28. The van der Waals surface area contributed by atoms with E-state index in [1.54, 1.807) is 24.3 Å². The number of rotatable bonds is 9. The fraction of sp³-hybridized carbons (Fsp3) is 0.103. The maximum Gasteiger partial charge on any atom is 0.267 e. The van der Waals surface area contributed by atoms with E-state index in [1.165, 1.54) is 0 Å². The maximum absolute atomic E-state index is 12.6. The van der Waals surface area contributed by atoms with Crippen molar-refractivity contribution in [2.24, 2.45) is 0 Å². The van der Waals surface area contributed by atoms with Crippen LogP contribution in [0.2, 0.25) is 10.0 Å². The number of halogens is 2. The highest BCUT2D eigenvalue weighted by atomic mass is 35.5. The third-order valence-corrected chi connectivity index (χ3v) is 7.24. The zero-order chi connectivity index (χ0) is 25.6. The van der Waals surface area contributed by atoms with Crippen LogP contribution in [-0.4, -0.2) is 20.2 Å². The zero-order valence-corrected chi connectivity index (χ0v) is 22.2. The van der Waals surface area contributed by atoms with E-state index >= 15 is 0 Å². The van der Waals surface area contributed by atoms with Crippen LogP contribution >= 0.6 is 35.1 Å². The second-order valence-corrected chi connectivity index (χ2v) is 10.7. The summed E-state index contributed by atoms with van der Waals surface area (Å²) < 4.78 is 2.28. The molecule has 186 valence electrons. The lowest BCUT2D eigenvalue weighted by Crippen LogP contribution is -2.23. The average molecular weight is 548 g/mol. The molecule has 37 heavy (non-hydrogen) atoms. The second kappa shape index (κ2) is 11.8. The van der Waals surface area contributed by atoms with Crippen LogP contribution in [0.1, 0.15) is 27.2 Å². The summed E-state index contributed by atoms with van der Waals surface area (Å²) in [5.74, 6) is -0.149. The molecule has 0 saturated carbocycles. The Morgan fingerprint density at radius 2 is 1.54 bits per heavy atom. The number of nitrogens with zero attached hydrogens (tertiary/aromatic N) is 2. The molecule has 0 aliphatic rings. The van der Waals surface area contributed by atoms with Crippen molar-refractivity contribution in [3.05, 3.63) is 130 Å². The summed E-state index contributed by atoms with van der Waals surface area (Å²) in [6.07, 6.45) is 3.44. The predicted octanol–water partition coefficient (Wildman–Crippen LogP) is 7.51. The van der Waals surface area contributed by atoms with Gasteiger partial charge in [-0.3, -0.25) is 9.78 Å². The van der Waals surface area contributed by atoms with Crippen molar-refractivity contribution in [1.82, 2.24) is 19.6 Å². The first-order valence-electron chi connectivity index (χ1n) is 11.7. The van der Waals surface area contributed by atoms with Crippen molar-refractivity contribution in [3.8, 4) is 0 Å². The van der Waals surface area contributed by atoms with E-state index in [0.29, 0.717) is 12.2 Å². The van der Waals surface area contributed by atoms with Gasteiger partial charge < -0.3 is 10.3 Å². The summed E-state index contributed by atoms with van der Waals surface area (Å²) in [5.41, 5.74) is 4.70.